The van der Waals surface area contributed by atoms with Crippen LogP contribution in [0.3, 0.4) is 0 Å². The zero-order valence-corrected chi connectivity index (χ0v) is 48.0. The number of esters is 3. The van der Waals surface area contributed by atoms with Gasteiger partial charge in [0.15, 0.2) is 6.10 Å². The van der Waals surface area contributed by atoms with Crippen LogP contribution in [0.25, 0.3) is 0 Å². The molecule has 0 aliphatic rings. The molecule has 0 aromatic rings. The Labute approximate surface area is 443 Å². The molecule has 0 bridgehead atoms. The first-order valence-electron chi connectivity index (χ1n) is 31.8. The normalized spacial score (nSPS) is 12.1. The summed E-state index contributed by atoms with van der Waals surface area (Å²) < 4.78 is 16.9. The average molecular weight is 1000 g/mol. The van der Waals surface area contributed by atoms with Gasteiger partial charge in [-0.2, -0.15) is 0 Å². The van der Waals surface area contributed by atoms with E-state index in [1.807, 2.05) is 0 Å². The highest BCUT2D eigenvalue weighted by Crippen LogP contribution is 2.18. The first-order valence-corrected chi connectivity index (χ1v) is 31.8. The van der Waals surface area contributed by atoms with Crippen molar-refractivity contribution < 1.29 is 28.6 Å². The maximum absolute atomic E-state index is 12.9. The van der Waals surface area contributed by atoms with Crippen molar-refractivity contribution in [1.82, 2.24) is 0 Å². The van der Waals surface area contributed by atoms with Crippen molar-refractivity contribution in [2.45, 2.75) is 361 Å². The fourth-order valence-corrected chi connectivity index (χ4v) is 9.65. The van der Waals surface area contributed by atoms with Crippen LogP contribution >= 0.6 is 0 Å². The van der Waals surface area contributed by atoms with E-state index in [1.54, 1.807) is 0 Å². The molecule has 0 aromatic carbocycles. The number of carbonyl (C=O) groups is 3. The maximum atomic E-state index is 12.9. The predicted octanol–water partition coefficient (Wildman–Crippen LogP) is 21.4. The molecule has 0 saturated carbocycles. The third kappa shape index (κ3) is 58.7. The van der Waals surface area contributed by atoms with Gasteiger partial charge in [0.05, 0.1) is 0 Å². The van der Waals surface area contributed by atoms with E-state index >= 15 is 0 Å². The molecule has 0 saturated heterocycles. The highest BCUT2D eigenvalue weighted by molar-refractivity contribution is 5.71. The molecule has 6 nitrogen and oxygen atoms in total. The lowest BCUT2D eigenvalue weighted by molar-refractivity contribution is -0.167. The van der Waals surface area contributed by atoms with Crippen molar-refractivity contribution in [2.75, 3.05) is 13.2 Å². The molecule has 0 aromatic heterocycles. The number of carbonyl (C=O) groups excluding carboxylic acids is 3. The minimum atomic E-state index is -0.768. The summed E-state index contributed by atoms with van der Waals surface area (Å²) in [5, 5.41) is 0. The van der Waals surface area contributed by atoms with Crippen LogP contribution in [0.2, 0.25) is 0 Å². The van der Waals surface area contributed by atoms with Gasteiger partial charge in [-0.25, -0.2) is 0 Å². The van der Waals surface area contributed by atoms with Gasteiger partial charge in [-0.05, 0) is 51.4 Å². The molecular formula is C65H122O6. The first-order chi connectivity index (χ1) is 35.0. The number of allylic oxidation sites excluding steroid dienone is 4. The summed E-state index contributed by atoms with van der Waals surface area (Å²) in [6.45, 7) is 6.68. The summed E-state index contributed by atoms with van der Waals surface area (Å²) in [4.78, 5) is 38.3. The Kier molecular flexibility index (Phi) is 58.6. The smallest absolute Gasteiger partial charge is 0.306 e. The number of rotatable bonds is 59. The van der Waals surface area contributed by atoms with E-state index in [9.17, 15) is 14.4 Å². The summed E-state index contributed by atoms with van der Waals surface area (Å²) in [5.74, 6) is -0.843. The van der Waals surface area contributed by atoms with Crippen LogP contribution < -0.4 is 0 Å². The highest BCUT2D eigenvalue weighted by Gasteiger charge is 2.19. The second kappa shape index (κ2) is 60.4. The van der Waals surface area contributed by atoms with E-state index in [1.165, 1.54) is 250 Å². The minimum absolute atomic E-state index is 0.0662. The summed E-state index contributed by atoms with van der Waals surface area (Å²) in [7, 11) is 0. The van der Waals surface area contributed by atoms with Crippen LogP contribution in [0.5, 0.6) is 0 Å². The number of hydrogen-bond acceptors (Lipinski definition) is 6. The Morgan fingerprint density at radius 2 is 0.507 bits per heavy atom. The zero-order chi connectivity index (χ0) is 51.4. The van der Waals surface area contributed by atoms with E-state index in [2.05, 4.69) is 45.1 Å². The van der Waals surface area contributed by atoms with Crippen LogP contribution in [-0.2, 0) is 28.6 Å². The number of ether oxygens (including phenoxy) is 3. The Morgan fingerprint density at radius 1 is 0.282 bits per heavy atom. The van der Waals surface area contributed by atoms with Gasteiger partial charge < -0.3 is 14.2 Å². The average Bonchev–Trinajstić information content (AvgIpc) is 3.37. The van der Waals surface area contributed by atoms with Gasteiger partial charge in [0.2, 0.25) is 0 Å². The lowest BCUT2D eigenvalue weighted by atomic mass is 10.0. The monoisotopic (exact) mass is 999 g/mol. The topological polar surface area (TPSA) is 78.9 Å². The van der Waals surface area contributed by atoms with Gasteiger partial charge in [0.1, 0.15) is 13.2 Å². The van der Waals surface area contributed by atoms with Crippen molar-refractivity contribution in [2.24, 2.45) is 0 Å². The standard InChI is InChI=1S/C65H122O6/c1-4-7-10-13-16-19-22-25-27-29-31-32-34-36-38-41-43-46-49-52-55-58-64(67)70-61-62(71-65(68)59-56-53-50-47-44-39-24-21-18-15-12-9-6-3)60-69-63(66)57-54-51-48-45-42-40-37-35-33-30-28-26-23-20-17-14-11-8-5-2/h17,20,26,28,62H,4-16,18-19,21-25,27,29-61H2,1-3H3/b20-17-,28-26-/t62-/m1/s1. The quantitative estimate of drug-likeness (QED) is 0.0261. The SMILES string of the molecule is CCCCC/C=C\C/C=C\CCCCCCCCCCCC(=O)OC[C@H](COC(=O)CCCCCCCCCCCCCCCCCCCCCCC)OC(=O)CCCCCCCCCCCCCCC. The van der Waals surface area contributed by atoms with Gasteiger partial charge in [0, 0.05) is 19.3 Å². The summed E-state index contributed by atoms with van der Waals surface area (Å²) in [5.41, 5.74) is 0. The Morgan fingerprint density at radius 3 is 0.803 bits per heavy atom. The minimum Gasteiger partial charge on any atom is -0.462 e. The Hall–Kier alpha value is -2.11. The van der Waals surface area contributed by atoms with E-state index in [0.29, 0.717) is 19.3 Å². The summed E-state index contributed by atoms with van der Waals surface area (Å²) in [6.07, 6.45) is 71.8. The molecule has 0 heterocycles. The molecule has 1 atom stereocenters. The van der Waals surface area contributed by atoms with Gasteiger partial charge >= 0.3 is 17.9 Å². The maximum Gasteiger partial charge on any atom is 0.306 e. The molecule has 6 heteroatoms. The van der Waals surface area contributed by atoms with Gasteiger partial charge in [0.25, 0.3) is 0 Å². The second-order valence-corrected chi connectivity index (χ2v) is 21.7. The Bertz CT molecular complexity index is 1150. The molecule has 71 heavy (non-hydrogen) atoms. The molecule has 0 unspecified atom stereocenters. The van der Waals surface area contributed by atoms with E-state index in [-0.39, 0.29) is 31.1 Å². The van der Waals surface area contributed by atoms with Crippen molar-refractivity contribution >= 4 is 17.9 Å². The molecule has 0 aliphatic heterocycles. The van der Waals surface area contributed by atoms with Crippen LogP contribution in [0, 0.1) is 0 Å². The van der Waals surface area contributed by atoms with Crippen molar-refractivity contribution in [3.8, 4) is 0 Å². The molecule has 0 radical (unpaired) electrons. The highest BCUT2D eigenvalue weighted by atomic mass is 16.6. The zero-order valence-electron chi connectivity index (χ0n) is 48.0. The fraction of sp³-hybridized carbons (Fsp3) is 0.892. The molecule has 0 aliphatic carbocycles. The molecule has 0 spiro atoms. The van der Waals surface area contributed by atoms with Gasteiger partial charge in [-0.15, -0.1) is 0 Å². The van der Waals surface area contributed by atoms with E-state index in [4.69, 9.17) is 14.2 Å². The van der Waals surface area contributed by atoms with E-state index < -0.39 is 6.10 Å². The lowest BCUT2D eigenvalue weighted by Crippen LogP contribution is -2.30. The second-order valence-electron chi connectivity index (χ2n) is 21.7. The van der Waals surface area contributed by atoms with Crippen LogP contribution in [0.4, 0.5) is 0 Å². The molecule has 0 N–H and O–H groups in total. The molecule has 418 valence electrons. The number of hydrogen-bond donors (Lipinski definition) is 0. The van der Waals surface area contributed by atoms with Crippen molar-refractivity contribution in [3.63, 3.8) is 0 Å². The summed E-state index contributed by atoms with van der Waals surface area (Å²) >= 11 is 0. The molecule has 0 fully saturated rings. The van der Waals surface area contributed by atoms with Gasteiger partial charge in [-0.1, -0.05) is 308 Å². The lowest BCUT2D eigenvalue weighted by Gasteiger charge is -2.18. The van der Waals surface area contributed by atoms with E-state index in [0.717, 1.165) is 64.2 Å². The van der Waals surface area contributed by atoms with Crippen LogP contribution in [0.15, 0.2) is 24.3 Å². The third-order valence-electron chi connectivity index (χ3n) is 14.5. The third-order valence-corrected chi connectivity index (χ3v) is 14.5. The largest absolute Gasteiger partial charge is 0.462 e. The molecular weight excluding hydrogens is 877 g/mol. The molecule has 0 amide bonds. The van der Waals surface area contributed by atoms with Crippen LogP contribution in [0.1, 0.15) is 355 Å². The summed E-state index contributed by atoms with van der Waals surface area (Å²) in [6, 6.07) is 0. The van der Waals surface area contributed by atoms with Crippen molar-refractivity contribution in [1.29, 1.82) is 0 Å². The predicted molar refractivity (Wildman–Crippen MR) is 307 cm³/mol. The van der Waals surface area contributed by atoms with Gasteiger partial charge in [-0.3, -0.25) is 14.4 Å². The fourth-order valence-electron chi connectivity index (χ4n) is 9.65. The Balaban J connectivity index is 4.26. The van der Waals surface area contributed by atoms with Crippen LogP contribution in [-0.4, -0.2) is 37.2 Å². The first kappa shape index (κ1) is 68.9. The van der Waals surface area contributed by atoms with Crippen molar-refractivity contribution in [3.05, 3.63) is 24.3 Å². The number of unbranched alkanes of at least 4 members (excludes halogenated alkanes) is 44. The molecule has 0 rings (SSSR count).